The van der Waals surface area contributed by atoms with Gasteiger partial charge in [-0.05, 0) is 18.6 Å². The van der Waals surface area contributed by atoms with E-state index in [0.29, 0.717) is 6.04 Å². The summed E-state index contributed by atoms with van der Waals surface area (Å²) in [6.45, 7) is 4.44. The average Bonchev–Trinajstić information content (AvgIpc) is 2.18. The van der Waals surface area contributed by atoms with Crippen LogP contribution in [0.25, 0.3) is 0 Å². The molecule has 0 radical (unpaired) electrons. The molecule has 1 N–H and O–H groups in total. The summed E-state index contributed by atoms with van der Waals surface area (Å²) in [5.74, 6) is 0.947. The summed E-state index contributed by atoms with van der Waals surface area (Å²) in [7, 11) is 0. The largest absolute Gasteiger partial charge is 0.489 e. The molecule has 68 valence electrons. The highest BCUT2D eigenvalue weighted by molar-refractivity contribution is 5.58. The maximum absolute atomic E-state index is 5.58. The molecule has 1 aromatic rings. The summed E-state index contributed by atoms with van der Waals surface area (Å²) < 4.78 is 5.58. The maximum atomic E-state index is 5.58. The molecule has 0 spiro atoms. The number of rotatable bonds is 2. The van der Waals surface area contributed by atoms with Gasteiger partial charge in [0.25, 0.3) is 0 Å². The Bertz CT molecular complexity index is 309. The van der Waals surface area contributed by atoms with Gasteiger partial charge in [0.15, 0.2) is 0 Å². The van der Waals surface area contributed by atoms with Crippen LogP contribution in [0.3, 0.4) is 0 Å². The third-order valence-corrected chi connectivity index (χ3v) is 2.14. The van der Waals surface area contributed by atoms with Crippen molar-refractivity contribution in [2.45, 2.75) is 12.5 Å². The van der Waals surface area contributed by atoms with E-state index in [-0.39, 0.29) is 0 Å². The van der Waals surface area contributed by atoms with Gasteiger partial charge in [0, 0.05) is 0 Å². The monoisotopic (exact) mass is 175 g/mol. The molecule has 0 aliphatic carbocycles. The lowest BCUT2D eigenvalue weighted by Gasteiger charge is -2.26. The lowest BCUT2D eigenvalue weighted by atomic mass is 10.1. The molecule has 13 heavy (non-hydrogen) atoms. The predicted molar refractivity (Wildman–Crippen MR) is 54.2 cm³/mol. The van der Waals surface area contributed by atoms with Crippen molar-refractivity contribution in [1.82, 2.24) is 0 Å². The first-order valence-corrected chi connectivity index (χ1v) is 4.49. The molecule has 0 fully saturated rings. The highest BCUT2D eigenvalue weighted by Crippen LogP contribution is 2.28. The molecule has 0 amide bonds. The third kappa shape index (κ3) is 1.66. The Morgan fingerprint density at radius 3 is 3.23 bits per heavy atom. The van der Waals surface area contributed by atoms with Gasteiger partial charge in [0.1, 0.15) is 12.4 Å². The number of hydrogen-bond acceptors (Lipinski definition) is 2. The minimum absolute atomic E-state index is 0.368. The highest BCUT2D eigenvalue weighted by Gasteiger charge is 2.16. The minimum atomic E-state index is 0.368. The first-order valence-electron chi connectivity index (χ1n) is 4.49. The average molecular weight is 175 g/mol. The van der Waals surface area contributed by atoms with Crippen molar-refractivity contribution in [3.63, 3.8) is 0 Å². The van der Waals surface area contributed by atoms with Gasteiger partial charge >= 0.3 is 0 Å². The van der Waals surface area contributed by atoms with E-state index < -0.39 is 0 Å². The van der Waals surface area contributed by atoms with E-state index in [1.54, 1.807) is 0 Å². The molecule has 2 nitrogen and oxygen atoms in total. The predicted octanol–water partition coefficient (Wildman–Crippen LogP) is 2.44. The normalized spacial score (nSPS) is 19.5. The van der Waals surface area contributed by atoms with Gasteiger partial charge in [0.2, 0.25) is 0 Å². The Balaban J connectivity index is 2.15. The van der Waals surface area contributed by atoms with E-state index in [0.717, 1.165) is 24.5 Å². The van der Waals surface area contributed by atoms with Crippen LogP contribution in [-0.2, 0) is 0 Å². The van der Waals surface area contributed by atoms with Crippen LogP contribution < -0.4 is 10.1 Å². The van der Waals surface area contributed by atoms with Crippen LogP contribution in [0.4, 0.5) is 5.69 Å². The van der Waals surface area contributed by atoms with Crippen molar-refractivity contribution in [3.05, 3.63) is 36.9 Å². The second kappa shape index (κ2) is 3.52. The Labute approximate surface area is 78.2 Å². The Morgan fingerprint density at radius 2 is 2.38 bits per heavy atom. The lowest BCUT2D eigenvalue weighted by Crippen LogP contribution is -2.30. The number of anilines is 1. The van der Waals surface area contributed by atoms with E-state index in [9.17, 15) is 0 Å². The topological polar surface area (TPSA) is 21.3 Å². The fraction of sp³-hybridized carbons (Fsp3) is 0.273. The molecule has 2 heteroatoms. The van der Waals surface area contributed by atoms with Crippen molar-refractivity contribution in [3.8, 4) is 5.75 Å². The molecule has 1 aromatic carbocycles. The molecule has 2 rings (SSSR count). The quantitative estimate of drug-likeness (QED) is 0.697. The van der Waals surface area contributed by atoms with Crippen LogP contribution in [0.15, 0.2) is 36.9 Å². The molecule has 0 saturated carbocycles. The molecule has 0 saturated heterocycles. The molecule has 0 aromatic heterocycles. The smallest absolute Gasteiger partial charge is 0.142 e. The summed E-state index contributed by atoms with van der Waals surface area (Å²) in [4.78, 5) is 0. The molecule has 1 heterocycles. The van der Waals surface area contributed by atoms with Gasteiger partial charge < -0.3 is 10.1 Å². The first kappa shape index (κ1) is 8.17. The van der Waals surface area contributed by atoms with Gasteiger partial charge in [-0.2, -0.15) is 0 Å². The summed E-state index contributed by atoms with van der Waals surface area (Å²) in [5, 5.41) is 3.40. The van der Waals surface area contributed by atoms with Crippen molar-refractivity contribution in [1.29, 1.82) is 0 Å². The number of para-hydroxylation sites is 2. The fourth-order valence-corrected chi connectivity index (χ4v) is 1.49. The Kier molecular flexibility index (Phi) is 2.21. The Hall–Kier alpha value is -1.44. The van der Waals surface area contributed by atoms with E-state index in [4.69, 9.17) is 4.74 Å². The number of ether oxygens (including phenoxy) is 1. The fourth-order valence-electron chi connectivity index (χ4n) is 1.49. The van der Waals surface area contributed by atoms with Crippen LogP contribution in [0, 0.1) is 0 Å². The summed E-state index contributed by atoms with van der Waals surface area (Å²) in [6.07, 6.45) is 2.85. The van der Waals surface area contributed by atoms with Gasteiger partial charge in [-0.25, -0.2) is 0 Å². The van der Waals surface area contributed by atoms with Crippen LogP contribution in [0.5, 0.6) is 5.75 Å². The standard InChI is InChI=1S/C11H13NO/c1-2-5-9-8-13-11-7-4-3-6-10(11)12-9/h2-4,6-7,9,12H,1,5,8H2/t9-/m1/s1. The van der Waals surface area contributed by atoms with Crippen LogP contribution in [0.1, 0.15) is 6.42 Å². The lowest BCUT2D eigenvalue weighted by molar-refractivity contribution is 0.285. The van der Waals surface area contributed by atoms with Crippen molar-refractivity contribution < 1.29 is 4.74 Å². The second-order valence-electron chi connectivity index (χ2n) is 3.17. The molecular formula is C11H13NO. The second-order valence-corrected chi connectivity index (χ2v) is 3.17. The third-order valence-electron chi connectivity index (χ3n) is 2.14. The van der Waals surface area contributed by atoms with Crippen molar-refractivity contribution in [2.24, 2.45) is 0 Å². The Morgan fingerprint density at radius 1 is 1.54 bits per heavy atom. The van der Waals surface area contributed by atoms with E-state index in [2.05, 4.69) is 11.9 Å². The number of hydrogen-bond donors (Lipinski definition) is 1. The number of nitrogens with one attached hydrogen (secondary N) is 1. The summed E-state index contributed by atoms with van der Waals surface area (Å²) in [5.41, 5.74) is 1.08. The van der Waals surface area contributed by atoms with Gasteiger partial charge in [0.05, 0.1) is 11.7 Å². The van der Waals surface area contributed by atoms with Crippen LogP contribution in [-0.4, -0.2) is 12.6 Å². The van der Waals surface area contributed by atoms with Crippen LogP contribution >= 0.6 is 0 Å². The first-order chi connectivity index (χ1) is 6.40. The number of benzene rings is 1. The van der Waals surface area contributed by atoms with E-state index >= 15 is 0 Å². The van der Waals surface area contributed by atoms with Gasteiger partial charge in [-0.3, -0.25) is 0 Å². The zero-order valence-electron chi connectivity index (χ0n) is 7.49. The van der Waals surface area contributed by atoms with Crippen LogP contribution in [0.2, 0.25) is 0 Å². The zero-order valence-corrected chi connectivity index (χ0v) is 7.49. The molecule has 1 aliphatic heterocycles. The highest BCUT2D eigenvalue weighted by atomic mass is 16.5. The van der Waals surface area contributed by atoms with E-state index in [1.165, 1.54) is 0 Å². The maximum Gasteiger partial charge on any atom is 0.142 e. The number of fused-ring (bicyclic) bond motifs is 1. The SMILES string of the molecule is C=CC[C@@H]1COc2ccccc2N1. The molecule has 0 bridgehead atoms. The van der Waals surface area contributed by atoms with Gasteiger partial charge in [-0.15, -0.1) is 6.58 Å². The molecule has 1 aliphatic rings. The van der Waals surface area contributed by atoms with Crippen molar-refractivity contribution >= 4 is 5.69 Å². The molecule has 0 unspecified atom stereocenters. The summed E-state index contributed by atoms with van der Waals surface area (Å²) >= 11 is 0. The zero-order chi connectivity index (χ0) is 9.10. The minimum Gasteiger partial charge on any atom is -0.489 e. The summed E-state index contributed by atoms with van der Waals surface area (Å²) in [6, 6.07) is 8.36. The van der Waals surface area contributed by atoms with E-state index in [1.807, 2.05) is 30.3 Å². The molecular weight excluding hydrogens is 162 g/mol. The van der Waals surface area contributed by atoms with Gasteiger partial charge in [-0.1, -0.05) is 18.2 Å². The molecule has 1 atom stereocenters. The van der Waals surface area contributed by atoms with Crippen molar-refractivity contribution in [2.75, 3.05) is 11.9 Å².